The van der Waals surface area contributed by atoms with E-state index in [1.165, 1.54) is 12.8 Å². The maximum Gasteiger partial charge on any atom is 0.0953 e. The Balaban J connectivity index is 2.68. The molecule has 2 heteroatoms. The van der Waals surface area contributed by atoms with Crippen molar-refractivity contribution in [2.24, 2.45) is 11.3 Å². The smallest absolute Gasteiger partial charge is 0.0953 e. The third-order valence-corrected chi connectivity index (χ3v) is 4.22. The molecule has 1 aliphatic rings. The van der Waals surface area contributed by atoms with Gasteiger partial charge in [-0.3, -0.25) is 4.39 Å². The highest BCUT2D eigenvalue weighted by Crippen LogP contribution is 2.46. The van der Waals surface area contributed by atoms with Crippen molar-refractivity contribution in [1.29, 1.82) is 0 Å². The molecule has 0 aromatic carbocycles. The van der Waals surface area contributed by atoms with Crippen LogP contribution in [-0.4, -0.2) is 12.3 Å². The van der Waals surface area contributed by atoms with E-state index in [0.29, 0.717) is 11.6 Å². The van der Waals surface area contributed by atoms with Crippen LogP contribution in [0.3, 0.4) is 0 Å². The Kier molecular flexibility index (Phi) is 3.52. The Bertz CT molecular complexity index is 143. The minimum absolute atomic E-state index is 0.00463. The second-order valence-corrected chi connectivity index (χ2v) is 5.23. The molecule has 0 aromatic rings. The highest BCUT2D eigenvalue weighted by atomic mass is 31.0. The third kappa shape index (κ3) is 1.82. The molecule has 4 atom stereocenters. The molecule has 0 heterocycles. The van der Waals surface area contributed by atoms with Gasteiger partial charge in [0.15, 0.2) is 0 Å². The molecule has 0 radical (unpaired) electrons. The standard InChI is InChI=1S/C10H20FP/c1-3-10(7-11)6-9(12)5-4-8(10)2/h8-9H,3-7,12H2,1-2H3. The van der Waals surface area contributed by atoms with E-state index in [0.717, 1.165) is 12.8 Å². The average molecular weight is 190 g/mol. The van der Waals surface area contributed by atoms with E-state index in [1.54, 1.807) is 0 Å². The van der Waals surface area contributed by atoms with Crippen molar-refractivity contribution in [1.82, 2.24) is 0 Å². The van der Waals surface area contributed by atoms with Gasteiger partial charge in [-0.15, -0.1) is 9.24 Å². The van der Waals surface area contributed by atoms with Crippen LogP contribution in [0.2, 0.25) is 0 Å². The van der Waals surface area contributed by atoms with Gasteiger partial charge < -0.3 is 0 Å². The predicted molar refractivity (Wildman–Crippen MR) is 55.2 cm³/mol. The summed E-state index contributed by atoms with van der Waals surface area (Å²) in [6, 6.07) is 0. The minimum Gasteiger partial charge on any atom is -0.250 e. The summed E-state index contributed by atoms with van der Waals surface area (Å²) >= 11 is 0. The predicted octanol–water partition coefficient (Wildman–Crippen LogP) is 3.42. The molecule has 0 aromatic heterocycles. The van der Waals surface area contributed by atoms with Crippen molar-refractivity contribution in [3.63, 3.8) is 0 Å². The first-order chi connectivity index (χ1) is 5.64. The lowest BCUT2D eigenvalue weighted by Gasteiger charge is -2.42. The van der Waals surface area contributed by atoms with Crippen LogP contribution in [0.15, 0.2) is 0 Å². The van der Waals surface area contributed by atoms with Crippen LogP contribution in [0.5, 0.6) is 0 Å². The Hall–Kier alpha value is 0.360. The van der Waals surface area contributed by atoms with Gasteiger partial charge in [-0.1, -0.05) is 13.8 Å². The van der Waals surface area contributed by atoms with Gasteiger partial charge in [-0.2, -0.15) is 0 Å². The average Bonchev–Trinajstić information content (AvgIpc) is 2.09. The van der Waals surface area contributed by atoms with Gasteiger partial charge in [0.05, 0.1) is 6.67 Å². The van der Waals surface area contributed by atoms with Gasteiger partial charge in [0, 0.05) is 5.41 Å². The van der Waals surface area contributed by atoms with Crippen LogP contribution in [0.4, 0.5) is 4.39 Å². The monoisotopic (exact) mass is 190 g/mol. The molecule has 0 nitrogen and oxygen atoms in total. The summed E-state index contributed by atoms with van der Waals surface area (Å²) in [5.41, 5.74) is 0.655. The van der Waals surface area contributed by atoms with Gasteiger partial charge in [0.25, 0.3) is 0 Å². The Labute approximate surface area is 77.5 Å². The van der Waals surface area contributed by atoms with Gasteiger partial charge in [0.1, 0.15) is 0 Å². The fourth-order valence-corrected chi connectivity index (χ4v) is 3.03. The lowest BCUT2D eigenvalue weighted by molar-refractivity contribution is 0.0707. The van der Waals surface area contributed by atoms with E-state index in [-0.39, 0.29) is 12.1 Å². The number of rotatable bonds is 2. The van der Waals surface area contributed by atoms with E-state index in [1.807, 2.05) is 0 Å². The second kappa shape index (κ2) is 4.05. The molecular formula is C10H20FP. The fourth-order valence-electron chi connectivity index (χ4n) is 2.37. The highest BCUT2D eigenvalue weighted by Gasteiger charge is 2.39. The lowest BCUT2D eigenvalue weighted by Crippen LogP contribution is -2.37. The summed E-state index contributed by atoms with van der Waals surface area (Å²) in [5.74, 6) is 0.573. The largest absolute Gasteiger partial charge is 0.250 e. The van der Waals surface area contributed by atoms with Crippen LogP contribution in [0.1, 0.15) is 39.5 Å². The zero-order valence-corrected chi connectivity index (χ0v) is 9.30. The first-order valence-electron chi connectivity index (χ1n) is 4.96. The Morgan fingerprint density at radius 3 is 2.58 bits per heavy atom. The van der Waals surface area contributed by atoms with Gasteiger partial charge in [-0.25, -0.2) is 0 Å². The second-order valence-electron chi connectivity index (χ2n) is 4.29. The van der Waals surface area contributed by atoms with Crippen molar-refractivity contribution in [2.75, 3.05) is 6.67 Å². The summed E-state index contributed by atoms with van der Waals surface area (Å²) in [5, 5.41) is 0. The van der Waals surface area contributed by atoms with E-state index < -0.39 is 0 Å². The van der Waals surface area contributed by atoms with E-state index >= 15 is 0 Å². The van der Waals surface area contributed by atoms with Crippen molar-refractivity contribution >= 4 is 9.24 Å². The molecule has 1 fully saturated rings. The molecule has 0 amide bonds. The molecule has 0 aliphatic heterocycles. The van der Waals surface area contributed by atoms with Crippen LogP contribution < -0.4 is 0 Å². The lowest BCUT2D eigenvalue weighted by atomic mass is 9.66. The summed E-state index contributed by atoms with van der Waals surface area (Å²) in [6.45, 7) is 4.20. The molecule has 1 rings (SSSR count). The minimum atomic E-state index is -0.129. The van der Waals surface area contributed by atoms with Gasteiger partial charge in [-0.05, 0) is 37.3 Å². The van der Waals surface area contributed by atoms with Gasteiger partial charge >= 0.3 is 0 Å². The summed E-state index contributed by atoms with van der Waals surface area (Å²) in [7, 11) is 2.86. The molecule has 1 aliphatic carbocycles. The molecule has 0 saturated heterocycles. The van der Waals surface area contributed by atoms with Crippen LogP contribution in [0, 0.1) is 11.3 Å². The van der Waals surface area contributed by atoms with Crippen LogP contribution >= 0.6 is 9.24 Å². The number of hydrogen-bond donors (Lipinski definition) is 0. The summed E-state index contributed by atoms with van der Waals surface area (Å²) in [4.78, 5) is 0. The number of hydrogen-bond acceptors (Lipinski definition) is 0. The van der Waals surface area contributed by atoms with E-state index in [4.69, 9.17) is 0 Å². The van der Waals surface area contributed by atoms with Crippen LogP contribution in [0.25, 0.3) is 0 Å². The summed E-state index contributed by atoms with van der Waals surface area (Å²) < 4.78 is 12.9. The first-order valence-corrected chi connectivity index (χ1v) is 5.63. The number of halogens is 1. The molecule has 4 unspecified atom stereocenters. The van der Waals surface area contributed by atoms with E-state index in [2.05, 4.69) is 23.1 Å². The maximum absolute atomic E-state index is 12.9. The topological polar surface area (TPSA) is 0 Å². The molecule has 72 valence electrons. The Morgan fingerprint density at radius 1 is 1.50 bits per heavy atom. The molecule has 0 spiro atoms. The van der Waals surface area contributed by atoms with Crippen molar-refractivity contribution in [3.05, 3.63) is 0 Å². The molecule has 0 bridgehead atoms. The quantitative estimate of drug-likeness (QED) is 0.585. The van der Waals surface area contributed by atoms with Crippen molar-refractivity contribution in [2.45, 2.75) is 45.2 Å². The Morgan fingerprint density at radius 2 is 2.17 bits per heavy atom. The van der Waals surface area contributed by atoms with Crippen LogP contribution in [-0.2, 0) is 0 Å². The molecule has 1 saturated carbocycles. The summed E-state index contributed by atoms with van der Waals surface area (Å²) in [6.07, 6.45) is 4.51. The molecule has 12 heavy (non-hydrogen) atoms. The normalized spacial score (nSPS) is 43.0. The number of alkyl halides is 1. The zero-order valence-electron chi connectivity index (χ0n) is 8.15. The van der Waals surface area contributed by atoms with Crippen molar-refractivity contribution < 1.29 is 4.39 Å². The van der Waals surface area contributed by atoms with Crippen molar-refractivity contribution in [3.8, 4) is 0 Å². The van der Waals surface area contributed by atoms with Gasteiger partial charge in [0.2, 0.25) is 0 Å². The SMILES string of the molecule is CCC1(CF)CC(P)CCC1C. The molecule has 0 N–H and O–H groups in total. The van der Waals surface area contributed by atoms with E-state index in [9.17, 15) is 4.39 Å². The first kappa shape index (κ1) is 10.4. The third-order valence-electron chi connectivity index (χ3n) is 3.65. The zero-order chi connectivity index (χ0) is 9.19. The highest BCUT2D eigenvalue weighted by molar-refractivity contribution is 7.17. The molecular weight excluding hydrogens is 170 g/mol. The maximum atomic E-state index is 12.9. The fraction of sp³-hybridized carbons (Fsp3) is 1.00.